The van der Waals surface area contributed by atoms with E-state index < -0.39 is 0 Å². The molecule has 0 saturated heterocycles. The summed E-state index contributed by atoms with van der Waals surface area (Å²) in [5.41, 5.74) is 0. The van der Waals surface area contributed by atoms with E-state index in [1.165, 1.54) is 0 Å². The van der Waals surface area contributed by atoms with Gasteiger partial charge in [-0.05, 0) is 30.0 Å². The first kappa shape index (κ1) is 17.8. The molecule has 4 heteroatoms. The normalized spacial score (nSPS) is 10.5. The summed E-state index contributed by atoms with van der Waals surface area (Å²) < 4.78 is 11.4. The van der Waals surface area contributed by atoms with Crippen molar-refractivity contribution in [1.82, 2.24) is 5.32 Å². The third-order valence-corrected chi connectivity index (χ3v) is 3.99. The van der Waals surface area contributed by atoms with Gasteiger partial charge in [0.25, 0.3) is 0 Å². The second-order valence-corrected chi connectivity index (χ2v) is 5.94. The van der Waals surface area contributed by atoms with Gasteiger partial charge in [-0.2, -0.15) is 0 Å². The Morgan fingerprint density at radius 1 is 0.808 bits per heavy atom. The topological polar surface area (TPSA) is 47.6 Å². The van der Waals surface area contributed by atoms with E-state index >= 15 is 0 Å². The second-order valence-electron chi connectivity index (χ2n) is 5.94. The van der Waals surface area contributed by atoms with Gasteiger partial charge in [0.05, 0.1) is 13.2 Å². The van der Waals surface area contributed by atoms with Crippen molar-refractivity contribution in [2.75, 3.05) is 19.8 Å². The highest BCUT2D eigenvalue weighted by Crippen LogP contribution is 2.24. The largest absolute Gasteiger partial charge is 0.494 e. The number of carbonyl (C=O) groups is 1. The van der Waals surface area contributed by atoms with E-state index in [0.717, 1.165) is 22.3 Å². The van der Waals surface area contributed by atoms with Crippen LogP contribution in [-0.2, 0) is 4.79 Å². The van der Waals surface area contributed by atoms with Gasteiger partial charge in [0.15, 0.2) is 0 Å². The van der Waals surface area contributed by atoms with Gasteiger partial charge in [-0.1, -0.05) is 54.6 Å². The number of rotatable bonds is 9. The Bertz CT molecular complexity index is 828. The Kier molecular flexibility index (Phi) is 6.48. The van der Waals surface area contributed by atoms with Gasteiger partial charge < -0.3 is 14.8 Å². The summed E-state index contributed by atoms with van der Waals surface area (Å²) in [5, 5.41) is 5.11. The van der Waals surface area contributed by atoms with Crippen molar-refractivity contribution < 1.29 is 14.3 Å². The number of ether oxygens (including phenoxy) is 2. The predicted octanol–water partition coefficient (Wildman–Crippen LogP) is 4.19. The number of benzene rings is 3. The number of hydrogen-bond acceptors (Lipinski definition) is 3. The first-order valence-electron chi connectivity index (χ1n) is 8.88. The molecule has 3 aromatic carbocycles. The van der Waals surface area contributed by atoms with Crippen molar-refractivity contribution in [1.29, 1.82) is 0 Å². The van der Waals surface area contributed by atoms with Crippen LogP contribution in [0.1, 0.15) is 12.8 Å². The molecule has 1 N–H and O–H groups in total. The molecule has 1 amide bonds. The molecule has 134 valence electrons. The maximum absolute atomic E-state index is 11.9. The zero-order valence-corrected chi connectivity index (χ0v) is 14.7. The van der Waals surface area contributed by atoms with Crippen LogP contribution < -0.4 is 14.8 Å². The van der Waals surface area contributed by atoms with E-state index in [4.69, 9.17) is 9.47 Å². The third kappa shape index (κ3) is 5.24. The van der Waals surface area contributed by atoms with E-state index in [9.17, 15) is 4.79 Å². The summed E-state index contributed by atoms with van der Waals surface area (Å²) in [5.74, 6) is 1.69. The van der Waals surface area contributed by atoms with Gasteiger partial charge in [0.1, 0.15) is 18.1 Å². The van der Waals surface area contributed by atoms with Crippen LogP contribution in [-0.4, -0.2) is 25.7 Å². The lowest BCUT2D eigenvalue weighted by molar-refractivity contribution is -0.121. The fraction of sp³-hybridized carbons (Fsp3) is 0.227. The molecule has 0 spiro atoms. The van der Waals surface area contributed by atoms with Crippen molar-refractivity contribution in [2.24, 2.45) is 0 Å². The molecular formula is C22H23NO3. The molecule has 3 aromatic rings. The van der Waals surface area contributed by atoms with Gasteiger partial charge in [-0.25, -0.2) is 0 Å². The van der Waals surface area contributed by atoms with Gasteiger partial charge in [0, 0.05) is 11.8 Å². The minimum absolute atomic E-state index is 0.0168. The zero-order valence-electron chi connectivity index (χ0n) is 14.7. The molecule has 0 unspecified atom stereocenters. The Balaban J connectivity index is 1.32. The zero-order chi connectivity index (χ0) is 18.0. The molecule has 0 aliphatic carbocycles. The molecule has 0 fully saturated rings. The fourth-order valence-electron chi connectivity index (χ4n) is 2.70. The van der Waals surface area contributed by atoms with Gasteiger partial charge >= 0.3 is 0 Å². The lowest BCUT2D eigenvalue weighted by atomic mass is 10.1. The molecule has 0 radical (unpaired) electrons. The van der Waals surface area contributed by atoms with Crippen LogP contribution >= 0.6 is 0 Å². The Labute approximate surface area is 153 Å². The van der Waals surface area contributed by atoms with E-state index in [-0.39, 0.29) is 5.91 Å². The van der Waals surface area contributed by atoms with E-state index in [0.29, 0.717) is 32.6 Å². The van der Waals surface area contributed by atoms with Crippen LogP contribution in [0.3, 0.4) is 0 Å². The lowest BCUT2D eigenvalue weighted by Gasteiger charge is -2.10. The van der Waals surface area contributed by atoms with Crippen molar-refractivity contribution >= 4 is 16.7 Å². The SMILES string of the molecule is O=C(CCCOc1ccccc1)NCCOc1cccc2ccccc12. The van der Waals surface area contributed by atoms with E-state index in [1.807, 2.05) is 60.7 Å². The molecule has 0 saturated carbocycles. The minimum atomic E-state index is 0.0168. The highest BCUT2D eigenvalue weighted by Gasteiger charge is 2.03. The standard InChI is InChI=1S/C22H23NO3/c24-22(14-7-16-25-19-10-2-1-3-11-19)23-15-17-26-21-13-6-9-18-8-4-5-12-20(18)21/h1-6,8-13H,7,14-17H2,(H,23,24). The lowest BCUT2D eigenvalue weighted by Crippen LogP contribution is -2.28. The number of carbonyl (C=O) groups excluding carboxylic acids is 1. The molecule has 0 bridgehead atoms. The summed E-state index contributed by atoms with van der Waals surface area (Å²) >= 11 is 0. The smallest absolute Gasteiger partial charge is 0.220 e. The number of fused-ring (bicyclic) bond motifs is 1. The first-order valence-corrected chi connectivity index (χ1v) is 8.88. The summed E-state index contributed by atoms with van der Waals surface area (Å²) in [6.45, 7) is 1.46. The summed E-state index contributed by atoms with van der Waals surface area (Å²) in [6, 6.07) is 23.7. The van der Waals surface area contributed by atoms with Crippen LogP contribution in [0.5, 0.6) is 11.5 Å². The van der Waals surface area contributed by atoms with Crippen molar-refractivity contribution in [2.45, 2.75) is 12.8 Å². The number of nitrogens with one attached hydrogen (secondary N) is 1. The van der Waals surface area contributed by atoms with Crippen molar-refractivity contribution in [3.05, 3.63) is 72.8 Å². The average molecular weight is 349 g/mol. The molecule has 0 aliphatic rings. The summed E-state index contributed by atoms with van der Waals surface area (Å²) in [4.78, 5) is 11.9. The van der Waals surface area contributed by atoms with Gasteiger partial charge in [0.2, 0.25) is 5.91 Å². The Morgan fingerprint density at radius 2 is 1.58 bits per heavy atom. The summed E-state index contributed by atoms with van der Waals surface area (Å²) in [7, 11) is 0. The van der Waals surface area contributed by atoms with Crippen LogP contribution in [0.15, 0.2) is 72.8 Å². The van der Waals surface area contributed by atoms with Crippen molar-refractivity contribution in [3.8, 4) is 11.5 Å². The van der Waals surface area contributed by atoms with E-state index in [2.05, 4.69) is 17.4 Å². The second kappa shape index (κ2) is 9.47. The molecular weight excluding hydrogens is 326 g/mol. The maximum Gasteiger partial charge on any atom is 0.220 e. The molecule has 0 aliphatic heterocycles. The maximum atomic E-state index is 11.9. The highest BCUT2D eigenvalue weighted by molar-refractivity contribution is 5.88. The van der Waals surface area contributed by atoms with Crippen LogP contribution in [0.25, 0.3) is 10.8 Å². The summed E-state index contributed by atoms with van der Waals surface area (Å²) in [6.07, 6.45) is 1.13. The number of hydrogen-bond donors (Lipinski definition) is 1. The van der Waals surface area contributed by atoms with Crippen LogP contribution in [0.2, 0.25) is 0 Å². The molecule has 26 heavy (non-hydrogen) atoms. The van der Waals surface area contributed by atoms with Crippen LogP contribution in [0.4, 0.5) is 0 Å². The monoisotopic (exact) mass is 349 g/mol. The molecule has 4 nitrogen and oxygen atoms in total. The molecule has 0 atom stereocenters. The number of amides is 1. The Morgan fingerprint density at radius 3 is 2.46 bits per heavy atom. The first-order chi connectivity index (χ1) is 12.8. The van der Waals surface area contributed by atoms with E-state index in [1.54, 1.807) is 0 Å². The minimum Gasteiger partial charge on any atom is -0.494 e. The molecule has 0 aromatic heterocycles. The molecule has 3 rings (SSSR count). The third-order valence-electron chi connectivity index (χ3n) is 3.99. The van der Waals surface area contributed by atoms with Gasteiger partial charge in [-0.15, -0.1) is 0 Å². The Hall–Kier alpha value is -3.01. The van der Waals surface area contributed by atoms with Crippen molar-refractivity contribution in [3.63, 3.8) is 0 Å². The van der Waals surface area contributed by atoms with Gasteiger partial charge in [-0.3, -0.25) is 4.79 Å². The van der Waals surface area contributed by atoms with Crippen LogP contribution in [0, 0.1) is 0 Å². The quantitative estimate of drug-likeness (QED) is 0.589. The molecule has 0 heterocycles. The highest BCUT2D eigenvalue weighted by atomic mass is 16.5. The fourth-order valence-corrected chi connectivity index (χ4v) is 2.70. The number of para-hydroxylation sites is 1. The average Bonchev–Trinajstić information content (AvgIpc) is 2.69. The predicted molar refractivity (Wildman–Crippen MR) is 104 cm³/mol.